The summed E-state index contributed by atoms with van der Waals surface area (Å²) in [5, 5.41) is 5.20. The Morgan fingerprint density at radius 2 is 2.09 bits per heavy atom. The second kappa shape index (κ2) is 7.94. The fourth-order valence-electron chi connectivity index (χ4n) is 2.78. The van der Waals surface area contributed by atoms with E-state index in [0.29, 0.717) is 6.54 Å². The maximum Gasteiger partial charge on any atom is 0.317 e. The number of carbonyl (C=O) groups is 1. The highest BCUT2D eigenvalue weighted by Gasteiger charge is 2.24. The van der Waals surface area contributed by atoms with Crippen LogP contribution in [-0.4, -0.2) is 62.8 Å². The summed E-state index contributed by atoms with van der Waals surface area (Å²) in [6.07, 6.45) is 1.84. The van der Waals surface area contributed by atoms with Gasteiger partial charge >= 0.3 is 6.03 Å². The van der Waals surface area contributed by atoms with Crippen LogP contribution in [0.2, 0.25) is 0 Å². The third-order valence-electron chi connectivity index (χ3n) is 4.33. The first-order valence-electron chi connectivity index (χ1n) is 7.79. The van der Waals surface area contributed by atoms with Crippen molar-refractivity contribution in [2.45, 2.75) is 31.8 Å². The van der Waals surface area contributed by atoms with E-state index in [1.807, 2.05) is 11.9 Å². The van der Waals surface area contributed by atoms with Crippen molar-refractivity contribution in [3.63, 3.8) is 0 Å². The molecule has 2 amide bonds. The summed E-state index contributed by atoms with van der Waals surface area (Å²) in [4.78, 5) is 17.7. The fraction of sp³-hybridized carbons (Fsp3) is 0.688. The van der Waals surface area contributed by atoms with Gasteiger partial charge in [-0.05, 0) is 50.9 Å². The number of ether oxygens (including phenoxy) is 1. The second-order valence-corrected chi connectivity index (χ2v) is 7.04. The van der Waals surface area contributed by atoms with Crippen LogP contribution in [0, 0.1) is 6.92 Å². The van der Waals surface area contributed by atoms with Gasteiger partial charge in [-0.3, -0.25) is 0 Å². The largest absolute Gasteiger partial charge is 0.381 e. The molecule has 1 fully saturated rings. The van der Waals surface area contributed by atoms with Gasteiger partial charge in [-0.15, -0.1) is 11.3 Å². The van der Waals surface area contributed by atoms with Crippen molar-refractivity contribution >= 4 is 17.4 Å². The molecule has 5 nitrogen and oxygen atoms in total. The number of nitrogens with one attached hydrogen (secondary N) is 1. The van der Waals surface area contributed by atoms with E-state index in [1.54, 1.807) is 11.3 Å². The first-order chi connectivity index (χ1) is 10.5. The average molecular weight is 325 g/mol. The van der Waals surface area contributed by atoms with Crippen LogP contribution < -0.4 is 5.32 Å². The summed E-state index contributed by atoms with van der Waals surface area (Å²) in [6, 6.07) is 2.64. The first kappa shape index (κ1) is 17.2. The number of amides is 2. The molecule has 1 aliphatic rings. The molecule has 1 saturated heterocycles. The maximum atomic E-state index is 12.4. The quantitative estimate of drug-likeness (QED) is 0.904. The number of likely N-dealkylation sites (N-methyl/N-ethyl adjacent to an activating group) is 1. The van der Waals surface area contributed by atoms with Crippen LogP contribution in [0.1, 0.15) is 29.3 Å². The van der Waals surface area contributed by atoms with Crippen LogP contribution in [0.5, 0.6) is 0 Å². The van der Waals surface area contributed by atoms with E-state index in [0.717, 1.165) is 26.1 Å². The molecule has 0 aromatic carbocycles. The highest BCUT2D eigenvalue weighted by atomic mass is 32.1. The van der Waals surface area contributed by atoms with Crippen LogP contribution in [0.25, 0.3) is 0 Å². The lowest BCUT2D eigenvalue weighted by Gasteiger charge is -2.32. The predicted molar refractivity (Wildman–Crippen MR) is 90.5 cm³/mol. The summed E-state index contributed by atoms with van der Waals surface area (Å²) in [5.41, 5.74) is 1.29. The average Bonchev–Trinajstić information content (AvgIpc) is 2.93. The minimum absolute atomic E-state index is 0.00737. The molecule has 1 aliphatic heterocycles. The predicted octanol–water partition coefficient (Wildman–Crippen LogP) is 2.48. The fourth-order valence-corrected chi connectivity index (χ4v) is 3.91. The number of nitrogens with zero attached hydrogens (tertiary/aromatic N) is 2. The van der Waals surface area contributed by atoms with Gasteiger partial charge in [0.1, 0.15) is 0 Å². The Labute approximate surface area is 137 Å². The molecular formula is C16H27N3O2S. The Balaban J connectivity index is 1.91. The van der Waals surface area contributed by atoms with Gasteiger partial charge in [-0.25, -0.2) is 4.79 Å². The van der Waals surface area contributed by atoms with Gasteiger partial charge in [-0.1, -0.05) is 0 Å². The van der Waals surface area contributed by atoms with Crippen molar-refractivity contribution in [2.75, 3.05) is 40.9 Å². The molecule has 1 unspecified atom stereocenters. The van der Waals surface area contributed by atoms with Crippen molar-refractivity contribution in [2.24, 2.45) is 0 Å². The second-order valence-electron chi connectivity index (χ2n) is 6.09. The third kappa shape index (κ3) is 4.21. The molecule has 0 radical (unpaired) electrons. The van der Waals surface area contributed by atoms with Gasteiger partial charge in [-0.2, -0.15) is 0 Å². The number of hydrogen-bond donors (Lipinski definition) is 1. The third-order valence-corrected chi connectivity index (χ3v) is 5.45. The van der Waals surface area contributed by atoms with E-state index in [9.17, 15) is 4.79 Å². The monoisotopic (exact) mass is 325 g/mol. The highest BCUT2D eigenvalue weighted by molar-refractivity contribution is 7.10. The molecule has 2 rings (SSSR count). The number of carbonyl (C=O) groups excluding carboxylic acids is 1. The number of hydrogen-bond acceptors (Lipinski definition) is 4. The van der Waals surface area contributed by atoms with Crippen molar-refractivity contribution in [1.82, 2.24) is 15.1 Å². The lowest BCUT2D eigenvalue weighted by atomic mass is 10.1. The first-order valence-corrected chi connectivity index (χ1v) is 8.67. The standard InChI is InChI=1S/C16H27N3O2S/c1-12-7-10-22-15(12)14(18(2)3)11-17-16(20)19(4)13-5-8-21-9-6-13/h7,10,13-14H,5-6,8-9,11H2,1-4H3,(H,17,20). The molecule has 22 heavy (non-hydrogen) atoms. The van der Waals surface area contributed by atoms with Gasteiger partial charge in [0.2, 0.25) is 0 Å². The van der Waals surface area contributed by atoms with E-state index in [1.165, 1.54) is 10.4 Å². The Kier molecular flexibility index (Phi) is 6.23. The molecule has 1 aromatic rings. The highest BCUT2D eigenvalue weighted by Crippen LogP contribution is 2.26. The van der Waals surface area contributed by atoms with Gasteiger partial charge in [0.15, 0.2) is 0 Å². The molecule has 0 aliphatic carbocycles. The van der Waals surface area contributed by atoms with Crippen LogP contribution in [0.15, 0.2) is 11.4 Å². The lowest BCUT2D eigenvalue weighted by molar-refractivity contribution is 0.0524. The zero-order valence-electron chi connectivity index (χ0n) is 14.0. The smallest absolute Gasteiger partial charge is 0.317 e. The molecule has 1 aromatic heterocycles. The molecule has 0 bridgehead atoms. The zero-order valence-corrected chi connectivity index (χ0v) is 14.8. The van der Waals surface area contributed by atoms with Crippen LogP contribution in [0.4, 0.5) is 4.79 Å². The van der Waals surface area contributed by atoms with Gasteiger partial charge in [0, 0.05) is 37.7 Å². The number of thiophene rings is 1. The van der Waals surface area contributed by atoms with Crippen LogP contribution in [-0.2, 0) is 4.74 Å². The SMILES string of the molecule is Cc1ccsc1C(CNC(=O)N(C)C1CCOCC1)N(C)C. The molecule has 0 spiro atoms. The van der Waals surface area contributed by atoms with Gasteiger partial charge < -0.3 is 19.9 Å². The van der Waals surface area contributed by atoms with Crippen LogP contribution in [0.3, 0.4) is 0 Å². The normalized spacial score (nSPS) is 17.5. The molecule has 1 atom stereocenters. The lowest BCUT2D eigenvalue weighted by Crippen LogP contribution is -2.47. The molecule has 2 heterocycles. The van der Waals surface area contributed by atoms with Crippen molar-refractivity contribution < 1.29 is 9.53 Å². The Hall–Kier alpha value is -1.11. The molecule has 6 heteroatoms. The minimum atomic E-state index is 0.00737. The molecule has 0 saturated carbocycles. The van der Waals surface area contributed by atoms with Crippen molar-refractivity contribution in [3.05, 3.63) is 21.9 Å². The summed E-state index contributed by atoms with van der Waals surface area (Å²) in [6.45, 7) is 4.24. The maximum absolute atomic E-state index is 12.4. The topological polar surface area (TPSA) is 44.8 Å². The Morgan fingerprint density at radius 3 is 2.64 bits per heavy atom. The number of rotatable bonds is 5. The van der Waals surface area contributed by atoms with E-state index < -0.39 is 0 Å². The van der Waals surface area contributed by atoms with E-state index in [2.05, 4.69) is 42.7 Å². The summed E-state index contributed by atoms with van der Waals surface area (Å²) in [5.74, 6) is 0. The Morgan fingerprint density at radius 1 is 1.41 bits per heavy atom. The summed E-state index contributed by atoms with van der Waals surface area (Å²) in [7, 11) is 5.99. The van der Waals surface area contributed by atoms with Crippen molar-refractivity contribution in [1.29, 1.82) is 0 Å². The van der Waals surface area contributed by atoms with Gasteiger partial charge in [0.25, 0.3) is 0 Å². The molecule has 1 N–H and O–H groups in total. The minimum Gasteiger partial charge on any atom is -0.381 e. The Bertz CT molecular complexity index is 483. The summed E-state index contributed by atoms with van der Waals surface area (Å²) >= 11 is 1.75. The van der Waals surface area contributed by atoms with E-state index >= 15 is 0 Å². The van der Waals surface area contributed by atoms with Crippen LogP contribution >= 0.6 is 11.3 Å². The van der Waals surface area contributed by atoms with Crippen molar-refractivity contribution in [3.8, 4) is 0 Å². The summed E-state index contributed by atoms with van der Waals surface area (Å²) < 4.78 is 5.36. The number of aryl methyl sites for hydroxylation is 1. The number of urea groups is 1. The van der Waals surface area contributed by atoms with E-state index in [-0.39, 0.29) is 18.1 Å². The van der Waals surface area contributed by atoms with E-state index in [4.69, 9.17) is 4.74 Å². The van der Waals surface area contributed by atoms with Gasteiger partial charge in [0.05, 0.1) is 6.04 Å². The zero-order chi connectivity index (χ0) is 16.1. The molecule has 124 valence electrons. The molecular weight excluding hydrogens is 298 g/mol.